The van der Waals surface area contributed by atoms with Gasteiger partial charge < -0.3 is 0 Å². The minimum atomic E-state index is 0.634. The second kappa shape index (κ2) is 3.14. The Morgan fingerprint density at radius 1 is 1.58 bits per heavy atom. The van der Waals surface area contributed by atoms with Gasteiger partial charge in [0.15, 0.2) is 0 Å². The van der Waals surface area contributed by atoms with Crippen molar-refractivity contribution in [3.63, 3.8) is 0 Å². The molecule has 1 aliphatic rings. The molecule has 0 radical (unpaired) electrons. The molecule has 0 saturated heterocycles. The Hall–Kier alpha value is 0.170. The highest BCUT2D eigenvalue weighted by Gasteiger charge is 2.27. The molecule has 1 aromatic heterocycles. The molecule has 0 N–H and O–H groups in total. The maximum Gasteiger partial charge on any atom is 0.129 e. The van der Waals surface area contributed by atoms with Crippen LogP contribution in [0.4, 0.5) is 0 Å². The van der Waals surface area contributed by atoms with Gasteiger partial charge in [-0.1, -0.05) is 11.6 Å². The van der Waals surface area contributed by atoms with Crippen molar-refractivity contribution in [1.29, 1.82) is 0 Å². The van der Waals surface area contributed by atoms with Crippen molar-refractivity contribution in [2.75, 3.05) is 0 Å². The van der Waals surface area contributed by atoms with E-state index in [1.165, 1.54) is 27.7 Å². The number of aryl methyl sites for hydroxylation is 1. The maximum absolute atomic E-state index is 5.88. The van der Waals surface area contributed by atoms with E-state index in [-0.39, 0.29) is 0 Å². The minimum Gasteiger partial charge on any atom is -0.240 e. The standard InChI is InChI=1S/C9H9ClIN/c1-5-4-7(10)12-9(8(5)11)6-2-3-6/h4,6H,2-3H2,1H3. The second-order valence-corrected chi connectivity index (χ2v) is 4.70. The van der Waals surface area contributed by atoms with Crippen LogP contribution in [0.3, 0.4) is 0 Å². The number of pyridine rings is 1. The van der Waals surface area contributed by atoms with E-state index in [1.54, 1.807) is 0 Å². The lowest BCUT2D eigenvalue weighted by Gasteiger charge is -2.05. The van der Waals surface area contributed by atoms with Crippen LogP contribution in [0.5, 0.6) is 0 Å². The van der Waals surface area contributed by atoms with Crippen molar-refractivity contribution in [1.82, 2.24) is 4.98 Å². The van der Waals surface area contributed by atoms with Crippen LogP contribution in [-0.2, 0) is 0 Å². The summed E-state index contributed by atoms with van der Waals surface area (Å²) in [6.45, 7) is 2.08. The Morgan fingerprint density at radius 2 is 2.25 bits per heavy atom. The number of hydrogen-bond donors (Lipinski definition) is 0. The van der Waals surface area contributed by atoms with Crippen molar-refractivity contribution in [3.05, 3.63) is 26.0 Å². The lowest BCUT2D eigenvalue weighted by Crippen LogP contribution is -1.94. The van der Waals surface area contributed by atoms with Gasteiger partial charge in [0.1, 0.15) is 5.15 Å². The quantitative estimate of drug-likeness (QED) is 0.570. The van der Waals surface area contributed by atoms with Crippen LogP contribution >= 0.6 is 34.2 Å². The average Bonchev–Trinajstić information content (AvgIpc) is 2.79. The fourth-order valence-corrected chi connectivity index (χ4v) is 2.24. The Balaban J connectivity index is 2.51. The van der Waals surface area contributed by atoms with Gasteiger partial charge in [-0.2, -0.15) is 0 Å². The fourth-order valence-electron chi connectivity index (χ4n) is 1.27. The number of rotatable bonds is 1. The highest BCUT2D eigenvalue weighted by Crippen LogP contribution is 2.42. The van der Waals surface area contributed by atoms with E-state index < -0.39 is 0 Å². The molecule has 2 rings (SSSR count). The topological polar surface area (TPSA) is 12.9 Å². The summed E-state index contributed by atoms with van der Waals surface area (Å²) >= 11 is 8.24. The van der Waals surface area contributed by atoms with E-state index >= 15 is 0 Å². The minimum absolute atomic E-state index is 0.634. The second-order valence-electron chi connectivity index (χ2n) is 3.24. The number of hydrogen-bond acceptors (Lipinski definition) is 1. The maximum atomic E-state index is 5.88. The molecule has 3 heteroatoms. The zero-order valence-electron chi connectivity index (χ0n) is 6.77. The van der Waals surface area contributed by atoms with E-state index in [4.69, 9.17) is 11.6 Å². The van der Waals surface area contributed by atoms with Crippen molar-refractivity contribution in [2.24, 2.45) is 0 Å². The third-order valence-corrected chi connectivity index (χ3v) is 3.70. The molecule has 1 fully saturated rings. The summed E-state index contributed by atoms with van der Waals surface area (Å²) in [6, 6.07) is 1.93. The monoisotopic (exact) mass is 293 g/mol. The van der Waals surface area contributed by atoms with Gasteiger partial charge in [0, 0.05) is 9.49 Å². The molecule has 64 valence electrons. The normalized spacial score (nSPS) is 16.6. The third kappa shape index (κ3) is 1.59. The van der Waals surface area contributed by atoms with Gasteiger partial charge in [0.2, 0.25) is 0 Å². The Labute approximate surface area is 90.7 Å². The Morgan fingerprint density at radius 3 is 2.83 bits per heavy atom. The first-order valence-electron chi connectivity index (χ1n) is 4.01. The van der Waals surface area contributed by atoms with Crippen LogP contribution in [0.15, 0.2) is 6.07 Å². The number of nitrogens with zero attached hydrogens (tertiary/aromatic N) is 1. The molecule has 1 aromatic rings. The molecule has 0 atom stereocenters. The molecule has 1 heterocycles. The van der Waals surface area contributed by atoms with Crippen molar-refractivity contribution >= 4 is 34.2 Å². The summed E-state index contributed by atoms with van der Waals surface area (Å²) in [7, 11) is 0. The first-order chi connectivity index (χ1) is 5.68. The predicted octanol–water partition coefficient (Wildman–Crippen LogP) is 3.53. The summed E-state index contributed by atoms with van der Waals surface area (Å²) in [6.07, 6.45) is 2.56. The number of halogens is 2. The molecule has 0 aromatic carbocycles. The first kappa shape index (κ1) is 8.75. The van der Waals surface area contributed by atoms with Gasteiger partial charge in [-0.25, -0.2) is 4.98 Å². The fraction of sp³-hybridized carbons (Fsp3) is 0.444. The van der Waals surface area contributed by atoms with Crippen LogP contribution < -0.4 is 0 Å². The van der Waals surface area contributed by atoms with Crippen molar-refractivity contribution in [3.8, 4) is 0 Å². The molecule has 0 amide bonds. The first-order valence-corrected chi connectivity index (χ1v) is 5.46. The lowest BCUT2D eigenvalue weighted by atomic mass is 10.2. The van der Waals surface area contributed by atoms with Gasteiger partial charge in [-0.15, -0.1) is 0 Å². The van der Waals surface area contributed by atoms with Gasteiger partial charge >= 0.3 is 0 Å². The van der Waals surface area contributed by atoms with Gasteiger partial charge in [-0.3, -0.25) is 0 Å². The SMILES string of the molecule is Cc1cc(Cl)nc(C2CC2)c1I. The van der Waals surface area contributed by atoms with E-state index in [0.29, 0.717) is 11.1 Å². The highest BCUT2D eigenvalue weighted by atomic mass is 127. The molecule has 1 nitrogen and oxygen atoms in total. The van der Waals surface area contributed by atoms with E-state index in [9.17, 15) is 0 Å². The zero-order valence-corrected chi connectivity index (χ0v) is 9.69. The van der Waals surface area contributed by atoms with Crippen LogP contribution in [0.25, 0.3) is 0 Å². The number of aromatic nitrogens is 1. The van der Waals surface area contributed by atoms with Gasteiger partial charge in [0.05, 0.1) is 5.69 Å². The van der Waals surface area contributed by atoms with Crippen LogP contribution in [0, 0.1) is 10.5 Å². The van der Waals surface area contributed by atoms with Gasteiger partial charge in [-0.05, 0) is 54.0 Å². The summed E-state index contributed by atoms with van der Waals surface area (Å²) in [5.74, 6) is 0.689. The zero-order chi connectivity index (χ0) is 8.72. The largest absolute Gasteiger partial charge is 0.240 e. The average molecular weight is 294 g/mol. The van der Waals surface area contributed by atoms with Crippen LogP contribution in [0.2, 0.25) is 5.15 Å². The molecule has 12 heavy (non-hydrogen) atoms. The Bertz CT molecular complexity index is 321. The molecule has 0 bridgehead atoms. The molecule has 0 spiro atoms. The van der Waals surface area contributed by atoms with E-state index in [1.807, 2.05) is 6.07 Å². The molecule has 0 unspecified atom stereocenters. The lowest BCUT2D eigenvalue weighted by molar-refractivity contribution is 0.998. The predicted molar refractivity (Wildman–Crippen MR) is 58.7 cm³/mol. The summed E-state index contributed by atoms with van der Waals surface area (Å²) in [5.41, 5.74) is 2.46. The highest BCUT2D eigenvalue weighted by molar-refractivity contribution is 14.1. The molecule has 0 aliphatic heterocycles. The van der Waals surface area contributed by atoms with Crippen molar-refractivity contribution in [2.45, 2.75) is 25.7 Å². The molecular formula is C9H9ClIN. The molecule has 1 saturated carbocycles. The summed E-state index contributed by atoms with van der Waals surface area (Å²) < 4.78 is 1.29. The third-order valence-electron chi connectivity index (χ3n) is 2.10. The summed E-state index contributed by atoms with van der Waals surface area (Å²) in [4.78, 5) is 4.35. The summed E-state index contributed by atoms with van der Waals surface area (Å²) in [5, 5.41) is 0.634. The van der Waals surface area contributed by atoms with E-state index in [0.717, 1.165) is 0 Å². The van der Waals surface area contributed by atoms with Crippen molar-refractivity contribution < 1.29 is 0 Å². The van der Waals surface area contributed by atoms with Crippen LogP contribution in [0.1, 0.15) is 30.0 Å². The smallest absolute Gasteiger partial charge is 0.129 e. The molecule has 1 aliphatic carbocycles. The van der Waals surface area contributed by atoms with Gasteiger partial charge in [0.25, 0.3) is 0 Å². The molecular weight excluding hydrogens is 284 g/mol. The Kier molecular flexibility index (Phi) is 2.29. The van der Waals surface area contributed by atoms with Crippen LogP contribution in [-0.4, -0.2) is 4.98 Å². The van der Waals surface area contributed by atoms with E-state index in [2.05, 4.69) is 34.5 Å².